The van der Waals surface area contributed by atoms with Crippen LogP contribution >= 0.6 is 0 Å². The average Bonchev–Trinajstić information content (AvgIpc) is 2.91. The summed E-state index contributed by atoms with van der Waals surface area (Å²) >= 11 is 0. The number of benzene rings is 4. The highest BCUT2D eigenvalue weighted by Crippen LogP contribution is 2.39. The minimum Gasteiger partial charge on any atom is -0.489 e. The summed E-state index contributed by atoms with van der Waals surface area (Å²) in [6.07, 6.45) is -4.96. The van der Waals surface area contributed by atoms with Crippen molar-refractivity contribution in [3.05, 3.63) is 124 Å². The Bertz CT molecular complexity index is 1690. The van der Waals surface area contributed by atoms with E-state index in [4.69, 9.17) is 18.6 Å². The molecule has 0 aliphatic carbocycles. The van der Waals surface area contributed by atoms with Crippen molar-refractivity contribution in [1.29, 1.82) is 0 Å². The van der Waals surface area contributed by atoms with E-state index in [0.29, 0.717) is 17.1 Å². The van der Waals surface area contributed by atoms with Crippen LogP contribution in [0.25, 0.3) is 11.0 Å². The van der Waals surface area contributed by atoms with Gasteiger partial charge >= 0.3 is 6.18 Å². The number of hydrogen-bond acceptors (Lipinski definition) is 5. The number of halogens is 3. The monoisotopic (exact) mass is 532 g/mol. The largest absolute Gasteiger partial charge is 0.489 e. The maximum Gasteiger partial charge on any atom is 0.453 e. The van der Waals surface area contributed by atoms with Crippen LogP contribution in [0.2, 0.25) is 0 Å². The summed E-state index contributed by atoms with van der Waals surface area (Å²) in [5.74, 6) is -0.752. The highest BCUT2D eigenvalue weighted by atomic mass is 19.4. The first-order valence-electron chi connectivity index (χ1n) is 12.1. The molecule has 4 aromatic carbocycles. The molecule has 1 heterocycles. The third-order valence-electron chi connectivity index (χ3n) is 5.92. The van der Waals surface area contributed by atoms with Crippen molar-refractivity contribution >= 4 is 11.0 Å². The zero-order valence-corrected chi connectivity index (χ0v) is 21.0. The number of rotatable bonds is 7. The highest BCUT2D eigenvalue weighted by molar-refractivity contribution is 5.79. The lowest BCUT2D eigenvalue weighted by Crippen LogP contribution is -2.15. The maximum absolute atomic E-state index is 13.9. The normalized spacial score (nSPS) is 11.4. The molecule has 0 fully saturated rings. The zero-order valence-electron chi connectivity index (χ0n) is 21.0. The molecular weight excluding hydrogens is 509 g/mol. The molecule has 1 aromatic heterocycles. The second-order valence-corrected chi connectivity index (χ2v) is 8.97. The van der Waals surface area contributed by atoms with E-state index in [9.17, 15) is 18.0 Å². The van der Waals surface area contributed by atoms with Gasteiger partial charge in [0, 0.05) is 6.07 Å². The van der Waals surface area contributed by atoms with Crippen molar-refractivity contribution in [2.75, 3.05) is 0 Å². The first-order valence-corrected chi connectivity index (χ1v) is 12.1. The maximum atomic E-state index is 13.9. The van der Waals surface area contributed by atoms with E-state index < -0.39 is 23.1 Å². The lowest BCUT2D eigenvalue weighted by atomic mass is 10.1. The minimum atomic E-state index is -4.96. The van der Waals surface area contributed by atoms with Crippen LogP contribution < -0.4 is 19.6 Å². The van der Waals surface area contributed by atoms with Crippen LogP contribution in [-0.4, -0.2) is 0 Å². The number of fused-ring (bicyclic) bond motifs is 1. The number of para-hydroxylation sites is 1. The third kappa shape index (κ3) is 5.90. The molecule has 0 amide bonds. The van der Waals surface area contributed by atoms with Gasteiger partial charge in [-0.1, -0.05) is 42.5 Å². The first-order chi connectivity index (χ1) is 18.7. The Morgan fingerprint density at radius 3 is 2.31 bits per heavy atom. The molecule has 198 valence electrons. The molecule has 0 atom stereocenters. The van der Waals surface area contributed by atoms with E-state index in [0.717, 1.165) is 11.1 Å². The summed E-state index contributed by atoms with van der Waals surface area (Å²) < 4.78 is 64.2. The number of hydrogen-bond donors (Lipinski definition) is 0. The Morgan fingerprint density at radius 2 is 1.54 bits per heavy atom. The van der Waals surface area contributed by atoms with Gasteiger partial charge in [-0.15, -0.1) is 0 Å². The number of alkyl halides is 3. The van der Waals surface area contributed by atoms with E-state index in [1.807, 2.05) is 42.5 Å². The molecule has 5 aromatic rings. The number of aryl methyl sites for hydroxylation is 2. The van der Waals surface area contributed by atoms with E-state index in [1.165, 1.54) is 18.2 Å². The molecule has 0 saturated heterocycles. The Labute approximate surface area is 222 Å². The minimum absolute atomic E-state index is 0.0612. The summed E-state index contributed by atoms with van der Waals surface area (Å²) in [4.78, 5) is 13.1. The molecule has 5 nitrogen and oxygen atoms in total. The van der Waals surface area contributed by atoms with Crippen LogP contribution in [-0.2, 0) is 12.8 Å². The predicted molar refractivity (Wildman–Crippen MR) is 141 cm³/mol. The molecule has 5 rings (SSSR count). The fraction of sp³-hybridized carbons (Fsp3) is 0.129. The Morgan fingerprint density at radius 1 is 0.769 bits per heavy atom. The van der Waals surface area contributed by atoms with Gasteiger partial charge in [-0.3, -0.25) is 4.79 Å². The van der Waals surface area contributed by atoms with Gasteiger partial charge in [-0.2, -0.15) is 13.2 Å². The lowest BCUT2D eigenvalue weighted by molar-refractivity contribution is -0.154. The van der Waals surface area contributed by atoms with Crippen molar-refractivity contribution in [1.82, 2.24) is 0 Å². The lowest BCUT2D eigenvalue weighted by Gasteiger charge is -2.15. The summed E-state index contributed by atoms with van der Waals surface area (Å²) in [5.41, 5.74) is 0.933. The Balaban J connectivity index is 1.42. The Kier molecular flexibility index (Phi) is 7.02. The fourth-order valence-corrected chi connectivity index (χ4v) is 3.94. The second kappa shape index (κ2) is 10.6. The van der Waals surface area contributed by atoms with Gasteiger partial charge in [0.15, 0.2) is 0 Å². The Hall–Kier alpha value is -4.72. The zero-order chi connectivity index (χ0) is 27.6. The van der Waals surface area contributed by atoms with Crippen molar-refractivity contribution in [3.63, 3.8) is 0 Å². The van der Waals surface area contributed by atoms with Crippen LogP contribution in [0.15, 0.2) is 100 Å². The summed E-state index contributed by atoms with van der Waals surface area (Å²) in [7, 11) is 0. The van der Waals surface area contributed by atoms with E-state index >= 15 is 0 Å². The molecular formula is C31H23F3O5. The van der Waals surface area contributed by atoms with E-state index in [2.05, 4.69) is 0 Å². The topological polar surface area (TPSA) is 57.9 Å². The van der Waals surface area contributed by atoms with Gasteiger partial charge in [0.1, 0.15) is 35.2 Å². The van der Waals surface area contributed by atoms with Gasteiger partial charge in [-0.05, 0) is 73.0 Å². The molecule has 0 spiro atoms. The van der Waals surface area contributed by atoms with Crippen LogP contribution in [0.4, 0.5) is 13.2 Å². The number of ether oxygens (including phenoxy) is 3. The van der Waals surface area contributed by atoms with Gasteiger partial charge in [0.05, 0.1) is 5.39 Å². The molecule has 0 aliphatic heterocycles. The quantitative estimate of drug-likeness (QED) is 0.210. The smallest absolute Gasteiger partial charge is 0.453 e. The molecule has 8 heteroatoms. The summed E-state index contributed by atoms with van der Waals surface area (Å²) in [6.45, 7) is 3.56. The molecule has 0 saturated carbocycles. The average molecular weight is 533 g/mol. The third-order valence-corrected chi connectivity index (χ3v) is 5.92. The van der Waals surface area contributed by atoms with E-state index in [-0.39, 0.29) is 29.1 Å². The van der Waals surface area contributed by atoms with Gasteiger partial charge in [0.25, 0.3) is 5.76 Å². The van der Waals surface area contributed by atoms with Crippen molar-refractivity contribution < 1.29 is 31.8 Å². The predicted octanol–water partition coefficient (Wildman–Crippen LogP) is 8.59. The van der Waals surface area contributed by atoms with Gasteiger partial charge in [0.2, 0.25) is 11.2 Å². The second-order valence-electron chi connectivity index (χ2n) is 8.97. The van der Waals surface area contributed by atoms with Crippen LogP contribution in [0.1, 0.15) is 22.5 Å². The molecule has 39 heavy (non-hydrogen) atoms. The van der Waals surface area contributed by atoms with Crippen molar-refractivity contribution in [2.45, 2.75) is 26.6 Å². The molecule has 0 unspecified atom stereocenters. The molecule has 0 bridgehead atoms. The van der Waals surface area contributed by atoms with Crippen LogP contribution in [0.5, 0.6) is 28.7 Å². The van der Waals surface area contributed by atoms with Crippen LogP contribution in [0.3, 0.4) is 0 Å². The highest BCUT2D eigenvalue weighted by Gasteiger charge is 2.40. The summed E-state index contributed by atoms with van der Waals surface area (Å²) in [6, 6.07) is 25.7. The molecule has 0 radical (unpaired) electrons. The van der Waals surface area contributed by atoms with Gasteiger partial charge < -0.3 is 18.6 Å². The SMILES string of the molecule is Cc1ccc(C)c(Oc2c(C(F)(F)F)oc3cc(OCc4cccc(Oc5ccccc5)c4)ccc3c2=O)c1. The van der Waals surface area contributed by atoms with Crippen LogP contribution in [0, 0.1) is 13.8 Å². The standard InChI is InChI=1S/C31H23F3O5/c1-19-11-12-20(2)26(15-19)38-29-28(35)25-14-13-23(17-27(25)39-30(29)31(32,33)34)36-18-21-7-6-10-24(16-21)37-22-8-4-3-5-9-22/h3-17H,18H2,1-2H3. The summed E-state index contributed by atoms with van der Waals surface area (Å²) in [5, 5.41) is -0.0612. The van der Waals surface area contributed by atoms with E-state index in [1.54, 1.807) is 44.2 Å². The van der Waals surface area contributed by atoms with Gasteiger partial charge in [-0.25, -0.2) is 0 Å². The van der Waals surface area contributed by atoms with Crippen molar-refractivity contribution in [3.8, 4) is 28.7 Å². The first kappa shape index (κ1) is 25.9. The molecule has 0 aliphatic rings. The molecule has 0 N–H and O–H groups in total. The van der Waals surface area contributed by atoms with Crippen molar-refractivity contribution in [2.24, 2.45) is 0 Å². The fourth-order valence-electron chi connectivity index (χ4n) is 3.94.